The van der Waals surface area contributed by atoms with Gasteiger partial charge in [-0.25, -0.2) is 4.90 Å². The number of imide groups is 1. The van der Waals surface area contributed by atoms with Gasteiger partial charge in [-0.2, -0.15) is 0 Å². The number of hydrogen-bond acceptors (Lipinski definition) is 4. The van der Waals surface area contributed by atoms with Gasteiger partial charge in [0.2, 0.25) is 11.8 Å². The molecule has 1 aliphatic heterocycles. The molecule has 0 saturated carbocycles. The average Bonchev–Trinajstić information content (AvgIpc) is 3.04. The van der Waals surface area contributed by atoms with Gasteiger partial charge in [0.05, 0.1) is 34.3 Å². The van der Waals surface area contributed by atoms with Gasteiger partial charge in [-0.1, -0.05) is 54.1 Å². The predicted molar refractivity (Wildman–Crippen MR) is 125 cm³/mol. The maximum atomic E-state index is 12.7. The number of nitrogens with zero attached hydrogens (tertiary/aromatic N) is 1. The number of benzene rings is 3. The van der Waals surface area contributed by atoms with Crippen LogP contribution in [0.5, 0.6) is 0 Å². The fourth-order valence-electron chi connectivity index (χ4n) is 3.75. The Morgan fingerprint density at radius 2 is 1.52 bits per heavy atom. The monoisotopic (exact) mass is 461 g/mol. The maximum Gasteiger partial charge on any atom is 0.266 e. The molecule has 7 nitrogen and oxygen atoms in total. The van der Waals surface area contributed by atoms with Crippen molar-refractivity contribution < 1.29 is 19.2 Å². The van der Waals surface area contributed by atoms with Crippen LogP contribution in [0.25, 0.3) is 0 Å². The molecule has 3 aromatic rings. The van der Waals surface area contributed by atoms with Crippen molar-refractivity contribution in [3.8, 4) is 0 Å². The number of halogens is 1. The molecule has 3 aromatic carbocycles. The fourth-order valence-corrected chi connectivity index (χ4v) is 4.02. The van der Waals surface area contributed by atoms with Crippen LogP contribution >= 0.6 is 11.6 Å². The van der Waals surface area contributed by atoms with Crippen molar-refractivity contribution in [3.63, 3.8) is 0 Å². The van der Waals surface area contributed by atoms with Crippen LogP contribution in [0.4, 0.5) is 11.4 Å². The second-order valence-corrected chi connectivity index (χ2v) is 7.98. The smallest absolute Gasteiger partial charge is 0.266 e. The van der Waals surface area contributed by atoms with E-state index in [9.17, 15) is 19.2 Å². The molecule has 33 heavy (non-hydrogen) atoms. The molecule has 0 bridgehead atoms. The molecule has 1 heterocycles. The van der Waals surface area contributed by atoms with E-state index in [-0.39, 0.29) is 28.9 Å². The van der Waals surface area contributed by atoms with Crippen molar-refractivity contribution in [1.82, 2.24) is 5.32 Å². The van der Waals surface area contributed by atoms with Crippen LogP contribution in [-0.2, 0) is 9.59 Å². The van der Waals surface area contributed by atoms with E-state index in [1.165, 1.54) is 19.1 Å². The number of anilines is 2. The van der Waals surface area contributed by atoms with Gasteiger partial charge < -0.3 is 10.6 Å². The van der Waals surface area contributed by atoms with Gasteiger partial charge in [-0.3, -0.25) is 19.2 Å². The number of rotatable bonds is 6. The lowest BCUT2D eigenvalue weighted by Gasteiger charge is -2.19. The van der Waals surface area contributed by atoms with Crippen LogP contribution in [-0.4, -0.2) is 23.6 Å². The lowest BCUT2D eigenvalue weighted by molar-refractivity contribution is -0.120. The summed E-state index contributed by atoms with van der Waals surface area (Å²) in [5.41, 5.74) is 2.09. The first-order valence-electron chi connectivity index (χ1n) is 10.2. The number of carbonyl (C=O) groups excluding carboxylic acids is 4. The van der Waals surface area contributed by atoms with Gasteiger partial charge in [0.1, 0.15) is 0 Å². The summed E-state index contributed by atoms with van der Waals surface area (Å²) in [7, 11) is 0. The third kappa shape index (κ3) is 4.63. The van der Waals surface area contributed by atoms with Gasteiger partial charge in [0, 0.05) is 12.6 Å². The highest BCUT2D eigenvalue weighted by atomic mass is 35.5. The van der Waals surface area contributed by atoms with E-state index in [2.05, 4.69) is 10.6 Å². The summed E-state index contributed by atoms with van der Waals surface area (Å²) >= 11 is 6.38. The molecule has 0 aliphatic carbocycles. The van der Waals surface area contributed by atoms with E-state index in [4.69, 9.17) is 11.6 Å². The third-order valence-electron chi connectivity index (χ3n) is 5.24. The van der Waals surface area contributed by atoms with Crippen LogP contribution in [0.1, 0.15) is 45.7 Å². The van der Waals surface area contributed by atoms with E-state index >= 15 is 0 Å². The lowest BCUT2D eigenvalue weighted by Crippen LogP contribution is -2.30. The zero-order valence-electron chi connectivity index (χ0n) is 17.7. The Labute approximate surface area is 195 Å². The van der Waals surface area contributed by atoms with Crippen molar-refractivity contribution >= 4 is 46.6 Å². The van der Waals surface area contributed by atoms with Crippen molar-refractivity contribution in [3.05, 3.63) is 94.5 Å². The maximum absolute atomic E-state index is 12.7. The number of hydrogen-bond donors (Lipinski definition) is 2. The summed E-state index contributed by atoms with van der Waals surface area (Å²) in [4.78, 5) is 50.7. The van der Waals surface area contributed by atoms with Crippen molar-refractivity contribution in [1.29, 1.82) is 0 Å². The standard InChI is InChI=1S/C25H20ClN3O4/c1-15(30)27-21(16-7-3-2-4-8-16)14-23(31)28-17-11-12-22(20(26)13-17)29-24(32)18-9-5-6-10-19(18)25(29)33/h2-13,21H,14H2,1H3,(H,27,30)(H,28,31). The van der Waals surface area contributed by atoms with E-state index in [0.29, 0.717) is 16.8 Å². The largest absolute Gasteiger partial charge is 0.349 e. The molecular weight excluding hydrogens is 442 g/mol. The van der Waals surface area contributed by atoms with E-state index < -0.39 is 17.9 Å². The quantitative estimate of drug-likeness (QED) is 0.533. The van der Waals surface area contributed by atoms with Crippen molar-refractivity contribution in [2.45, 2.75) is 19.4 Å². The predicted octanol–water partition coefficient (Wildman–Crippen LogP) is 4.35. The normalized spacial score (nSPS) is 13.5. The van der Waals surface area contributed by atoms with Gasteiger partial charge in [0.15, 0.2) is 0 Å². The number of fused-ring (bicyclic) bond motifs is 1. The number of nitrogens with one attached hydrogen (secondary N) is 2. The summed E-state index contributed by atoms with van der Waals surface area (Å²) in [5.74, 6) is -1.47. The zero-order chi connectivity index (χ0) is 23.5. The highest BCUT2D eigenvalue weighted by molar-refractivity contribution is 6.40. The van der Waals surface area contributed by atoms with Crippen LogP contribution in [0.2, 0.25) is 5.02 Å². The first-order valence-corrected chi connectivity index (χ1v) is 10.6. The molecule has 0 spiro atoms. The zero-order valence-corrected chi connectivity index (χ0v) is 18.4. The molecule has 8 heteroatoms. The molecule has 0 aromatic heterocycles. The van der Waals surface area contributed by atoms with Crippen LogP contribution < -0.4 is 15.5 Å². The van der Waals surface area contributed by atoms with Crippen molar-refractivity contribution in [2.75, 3.05) is 10.2 Å². The Hall–Kier alpha value is -3.97. The molecule has 4 rings (SSSR count). The molecule has 0 saturated heterocycles. The van der Waals surface area contributed by atoms with Gasteiger partial charge >= 0.3 is 0 Å². The Morgan fingerprint density at radius 1 is 0.909 bits per heavy atom. The fraction of sp³-hybridized carbons (Fsp3) is 0.120. The molecule has 4 amide bonds. The van der Waals surface area contributed by atoms with Gasteiger partial charge in [-0.15, -0.1) is 0 Å². The summed E-state index contributed by atoms with van der Waals surface area (Å²) in [5, 5.41) is 5.67. The minimum atomic E-state index is -0.489. The first-order chi connectivity index (χ1) is 15.8. The summed E-state index contributed by atoms with van der Waals surface area (Å²) in [6.45, 7) is 1.39. The van der Waals surface area contributed by atoms with Crippen LogP contribution in [0.15, 0.2) is 72.8 Å². The molecule has 0 radical (unpaired) electrons. The summed E-state index contributed by atoms with van der Waals surface area (Å²) in [6.07, 6.45) is 0.0152. The molecule has 2 N–H and O–H groups in total. The summed E-state index contributed by atoms with van der Waals surface area (Å²) < 4.78 is 0. The number of amides is 4. The van der Waals surface area contributed by atoms with E-state index in [1.807, 2.05) is 30.3 Å². The molecule has 1 atom stereocenters. The molecule has 166 valence electrons. The molecule has 0 fully saturated rings. The van der Waals surface area contributed by atoms with E-state index in [1.54, 1.807) is 30.3 Å². The highest BCUT2D eigenvalue weighted by Gasteiger charge is 2.37. The Balaban J connectivity index is 1.49. The van der Waals surface area contributed by atoms with E-state index in [0.717, 1.165) is 10.5 Å². The second kappa shape index (κ2) is 9.26. The second-order valence-electron chi connectivity index (χ2n) is 7.57. The Kier molecular flexibility index (Phi) is 6.24. The average molecular weight is 462 g/mol. The molecule has 1 aliphatic rings. The topological polar surface area (TPSA) is 95.6 Å². The molecule has 1 unspecified atom stereocenters. The van der Waals surface area contributed by atoms with Gasteiger partial charge in [0.25, 0.3) is 11.8 Å². The van der Waals surface area contributed by atoms with Crippen LogP contribution in [0.3, 0.4) is 0 Å². The lowest BCUT2D eigenvalue weighted by atomic mass is 10.0. The third-order valence-corrected chi connectivity index (χ3v) is 5.54. The van der Waals surface area contributed by atoms with Gasteiger partial charge in [-0.05, 0) is 35.9 Å². The molecular formula is C25H20ClN3O4. The Morgan fingerprint density at radius 3 is 2.09 bits per heavy atom. The minimum absolute atomic E-state index is 0.0152. The highest BCUT2D eigenvalue weighted by Crippen LogP contribution is 2.35. The Bertz CT molecular complexity index is 1220. The van der Waals surface area contributed by atoms with Crippen molar-refractivity contribution in [2.24, 2.45) is 0 Å². The SMILES string of the molecule is CC(=O)NC(CC(=O)Nc1ccc(N2C(=O)c3ccccc3C2=O)c(Cl)c1)c1ccccc1. The van der Waals surface area contributed by atoms with Crippen LogP contribution in [0, 0.1) is 0 Å². The number of carbonyl (C=O) groups is 4. The minimum Gasteiger partial charge on any atom is -0.349 e. The first kappa shape index (κ1) is 22.2. The summed E-state index contributed by atoms with van der Waals surface area (Å²) in [6, 6.07) is 19.8.